The van der Waals surface area contributed by atoms with Gasteiger partial charge in [0.05, 0.1) is 12.2 Å². The number of benzene rings is 1. The largest absolute Gasteiger partial charge is 0.393 e. The maximum atomic E-state index is 9.64. The predicted octanol–water partition coefficient (Wildman–Crippen LogP) is 1.75. The third-order valence-electron chi connectivity index (χ3n) is 2.23. The van der Waals surface area contributed by atoms with Crippen LogP contribution in [0.25, 0.3) is 0 Å². The van der Waals surface area contributed by atoms with Gasteiger partial charge in [-0.05, 0) is 31.7 Å². The second-order valence-corrected chi connectivity index (χ2v) is 3.77. The SMILES string of the molecule is CC(O)CCC(O)Cc1ccccc1. The quantitative estimate of drug-likeness (QED) is 0.749. The van der Waals surface area contributed by atoms with E-state index in [0.717, 1.165) is 5.56 Å². The minimum atomic E-state index is -0.341. The molecule has 14 heavy (non-hydrogen) atoms. The van der Waals surface area contributed by atoms with E-state index >= 15 is 0 Å². The van der Waals surface area contributed by atoms with Crippen molar-refractivity contribution in [1.82, 2.24) is 0 Å². The van der Waals surface area contributed by atoms with Gasteiger partial charge in [0.1, 0.15) is 0 Å². The first kappa shape index (κ1) is 11.2. The van der Waals surface area contributed by atoms with Crippen molar-refractivity contribution < 1.29 is 10.2 Å². The molecule has 2 heteroatoms. The van der Waals surface area contributed by atoms with E-state index in [1.807, 2.05) is 30.3 Å². The highest BCUT2D eigenvalue weighted by Gasteiger charge is 2.06. The number of aliphatic hydroxyl groups excluding tert-OH is 2. The van der Waals surface area contributed by atoms with Crippen LogP contribution < -0.4 is 0 Å². The highest BCUT2D eigenvalue weighted by atomic mass is 16.3. The van der Waals surface area contributed by atoms with E-state index in [1.165, 1.54) is 0 Å². The van der Waals surface area contributed by atoms with Crippen molar-refractivity contribution >= 4 is 0 Å². The van der Waals surface area contributed by atoms with Crippen molar-refractivity contribution in [1.29, 1.82) is 0 Å². The van der Waals surface area contributed by atoms with Crippen molar-refractivity contribution in [3.05, 3.63) is 35.9 Å². The summed E-state index contributed by atoms with van der Waals surface area (Å²) in [7, 11) is 0. The van der Waals surface area contributed by atoms with Gasteiger partial charge in [0.15, 0.2) is 0 Å². The molecule has 0 saturated heterocycles. The van der Waals surface area contributed by atoms with Gasteiger partial charge in [-0.3, -0.25) is 0 Å². The van der Waals surface area contributed by atoms with E-state index in [1.54, 1.807) is 6.92 Å². The Balaban J connectivity index is 2.30. The van der Waals surface area contributed by atoms with Crippen molar-refractivity contribution in [2.24, 2.45) is 0 Å². The molecule has 1 aromatic rings. The summed E-state index contributed by atoms with van der Waals surface area (Å²) in [4.78, 5) is 0. The summed E-state index contributed by atoms with van der Waals surface area (Å²) in [6.07, 6.45) is 1.33. The van der Waals surface area contributed by atoms with Crippen molar-refractivity contribution in [2.75, 3.05) is 0 Å². The molecular weight excluding hydrogens is 176 g/mol. The number of rotatable bonds is 5. The average molecular weight is 194 g/mol. The van der Waals surface area contributed by atoms with E-state index in [4.69, 9.17) is 5.11 Å². The van der Waals surface area contributed by atoms with E-state index in [0.29, 0.717) is 19.3 Å². The maximum absolute atomic E-state index is 9.64. The summed E-state index contributed by atoms with van der Waals surface area (Å²) in [5.74, 6) is 0. The lowest BCUT2D eigenvalue weighted by Gasteiger charge is -2.11. The molecule has 0 bridgehead atoms. The summed E-state index contributed by atoms with van der Waals surface area (Å²) in [5.41, 5.74) is 1.14. The van der Waals surface area contributed by atoms with Gasteiger partial charge in [-0.1, -0.05) is 30.3 Å². The van der Waals surface area contributed by atoms with Crippen LogP contribution in [0.5, 0.6) is 0 Å². The van der Waals surface area contributed by atoms with Gasteiger partial charge in [0.2, 0.25) is 0 Å². The second kappa shape index (κ2) is 5.78. The predicted molar refractivity (Wildman–Crippen MR) is 57.1 cm³/mol. The van der Waals surface area contributed by atoms with E-state index < -0.39 is 0 Å². The minimum Gasteiger partial charge on any atom is -0.393 e. The van der Waals surface area contributed by atoms with Crippen LogP contribution in [0.1, 0.15) is 25.3 Å². The lowest BCUT2D eigenvalue weighted by atomic mass is 10.0. The summed E-state index contributed by atoms with van der Waals surface area (Å²) in [6, 6.07) is 9.91. The van der Waals surface area contributed by atoms with E-state index in [9.17, 15) is 5.11 Å². The van der Waals surface area contributed by atoms with Gasteiger partial charge in [0.25, 0.3) is 0 Å². The van der Waals surface area contributed by atoms with Gasteiger partial charge < -0.3 is 10.2 Å². The first-order chi connectivity index (χ1) is 6.68. The Kier molecular flexibility index (Phi) is 4.63. The Labute approximate surface area is 85.2 Å². The van der Waals surface area contributed by atoms with Crippen LogP contribution >= 0.6 is 0 Å². The molecule has 1 rings (SSSR count). The molecule has 0 aromatic heterocycles. The van der Waals surface area contributed by atoms with Crippen molar-refractivity contribution in [2.45, 2.75) is 38.4 Å². The van der Waals surface area contributed by atoms with Gasteiger partial charge in [-0.15, -0.1) is 0 Å². The molecule has 0 aliphatic carbocycles. The van der Waals surface area contributed by atoms with E-state index in [2.05, 4.69) is 0 Å². The first-order valence-corrected chi connectivity index (χ1v) is 5.08. The van der Waals surface area contributed by atoms with Crippen LogP contribution in [-0.4, -0.2) is 22.4 Å². The number of aliphatic hydroxyl groups is 2. The summed E-state index contributed by atoms with van der Waals surface area (Å²) >= 11 is 0. The highest BCUT2D eigenvalue weighted by Crippen LogP contribution is 2.08. The molecule has 0 aliphatic heterocycles. The Morgan fingerprint density at radius 1 is 1.07 bits per heavy atom. The van der Waals surface area contributed by atoms with Crippen molar-refractivity contribution in [3.8, 4) is 0 Å². The number of hydrogen-bond acceptors (Lipinski definition) is 2. The zero-order chi connectivity index (χ0) is 10.4. The van der Waals surface area contributed by atoms with Crippen LogP contribution in [0.2, 0.25) is 0 Å². The molecule has 0 spiro atoms. The molecule has 2 nitrogen and oxygen atoms in total. The number of hydrogen-bond donors (Lipinski definition) is 2. The summed E-state index contributed by atoms with van der Waals surface area (Å²) < 4.78 is 0. The minimum absolute atomic E-state index is 0.319. The van der Waals surface area contributed by atoms with Crippen LogP contribution in [0.15, 0.2) is 30.3 Å². The molecule has 2 unspecified atom stereocenters. The molecule has 1 aromatic carbocycles. The zero-order valence-electron chi connectivity index (χ0n) is 8.56. The third kappa shape index (κ3) is 4.40. The first-order valence-electron chi connectivity index (χ1n) is 5.08. The third-order valence-corrected chi connectivity index (χ3v) is 2.23. The monoisotopic (exact) mass is 194 g/mol. The maximum Gasteiger partial charge on any atom is 0.0581 e. The lowest BCUT2D eigenvalue weighted by molar-refractivity contribution is 0.123. The normalized spacial score (nSPS) is 15.1. The molecule has 2 N–H and O–H groups in total. The standard InChI is InChI=1S/C12H18O2/c1-10(13)7-8-12(14)9-11-5-3-2-4-6-11/h2-6,10,12-14H,7-9H2,1H3. The van der Waals surface area contributed by atoms with Crippen LogP contribution in [0.3, 0.4) is 0 Å². The average Bonchev–Trinajstić information content (AvgIpc) is 2.16. The van der Waals surface area contributed by atoms with Crippen molar-refractivity contribution in [3.63, 3.8) is 0 Å². The Bertz CT molecular complexity index is 244. The Morgan fingerprint density at radius 2 is 1.71 bits per heavy atom. The molecule has 0 amide bonds. The highest BCUT2D eigenvalue weighted by molar-refractivity contribution is 5.15. The molecule has 0 saturated carbocycles. The molecule has 2 atom stereocenters. The van der Waals surface area contributed by atoms with Crippen LogP contribution in [0.4, 0.5) is 0 Å². The fourth-order valence-corrected chi connectivity index (χ4v) is 1.42. The summed E-state index contributed by atoms with van der Waals surface area (Å²) in [6.45, 7) is 1.75. The van der Waals surface area contributed by atoms with Gasteiger partial charge >= 0.3 is 0 Å². The molecular formula is C12H18O2. The van der Waals surface area contributed by atoms with Gasteiger partial charge in [-0.2, -0.15) is 0 Å². The lowest BCUT2D eigenvalue weighted by Crippen LogP contribution is -2.13. The fourth-order valence-electron chi connectivity index (χ4n) is 1.42. The smallest absolute Gasteiger partial charge is 0.0581 e. The topological polar surface area (TPSA) is 40.5 Å². The Morgan fingerprint density at radius 3 is 2.29 bits per heavy atom. The Hall–Kier alpha value is -0.860. The van der Waals surface area contributed by atoms with Crippen LogP contribution in [0, 0.1) is 0 Å². The molecule has 0 radical (unpaired) electrons. The molecule has 78 valence electrons. The fraction of sp³-hybridized carbons (Fsp3) is 0.500. The van der Waals surface area contributed by atoms with E-state index in [-0.39, 0.29) is 12.2 Å². The molecule has 0 fully saturated rings. The second-order valence-electron chi connectivity index (χ2n) is 3.77. The van der Waals surface area contributed by atoms with Gasteiger partial charge in [-0.25, -0.2) is 0 Å². The molecule has 0 aliphatic rings. The van der Waals surface area contributed by atoms with Crippen LogP contribution in [-0.2, 0) is 6.42 Å². The summed E-state index contributed by atoms with van der Waals surface area (Å²) in [5, 5.41) is 18.7. The zero-order valence-corrected chi connectivity index (χ0v) is 8.56. The molecule has 0 heterocycles. The van der Waals surface area contributed by atoms with Gasteiger partial charge in [0, 0.05) is 0 Å².